The maximum absolute atomic E-state index is 13.1. The fourth-order valence-electron chi connectivity index (χ4n) is 3.26. The van der Waals surface area contributed by atoms with E-state index in [1.807, 2.05) is 6.07 Å². The van der Waals surface area contributed by atoms with E-state index < -0.39 is 23.6 Å². The molecule has 29 heavy (non-hydrogen) atoms. The lowest BCUT2D eigenvalue weighted by atomic mass is 10.1. The molecular weight excluding hydrogens is 451 g/mol. The van der Waals surface area contributed by atoms with Crippen LogP contribution in [0, 0.1) is 5.92 Å². The molecule has 1 fully saturated rings. The maximum atomic E-state index is 13.1. The summed E-state index contributed by atoms with van der Waals surface area (Å²) in [7, 11) is 3.32. The topological polar surface area (TPSA) is 52.7 Å². The Bertz CT molecular complexity index is 947. The van der Waals surface area contributed by atoms with Gasteiger partial charge >= 0.3 is 6.18 Å². The van der Waals surface area contributed by atoms with Gasteiger partial charge in [-0.15, -0.1) is 0 Å². The Balaban J connectivity index is 1.84. The molecule has 2 amide bonds. The van der Waals surface area contributed by atoms with E-state index in [-0.39, 0.29) is 18.0 Å². The molecule has 1 aliphatic heterocycles. The summed E-state index contributed by atoms with van der Waals surface area (Å²) in [6, 6.07) is 10.3. The van der Waals surface area contributed by atoms with E-state index in [4.69, 9.17) is 0 Å². The number of anilines is 3. The van der Waals surface area contributed by atoms with E-state index in [1.54, 1.807) is 37.2 Å². The van der Waals surface area contributed by atoms with Crippen molar-refractivity contribution >= 4 is 44.8 Å². The Morgan fingerprint density at radius 3 is 2.52 bits per heavy atom. The van der Waals surface area contributed by atoms with Crippen LogP contribution >= 0.6 is 15.9 Å². The average Bonchev–Trinajstić information content (AvgIpc) is 3.02. The number of rotatable bonds is 4. The first-order valence-electron chi connectivity index (χ1n) is 8.85. The van der Waals surface area contributed by atoms with Gasteiger partial charge in [0.25, 0.3) is 0 Å². The summed E-state index contributed by atoms with van der Waals surface area (Å²) in [4.78, 5) is 28.6. The lowest BCUT2D eigenvalue weighted by molar-refractivity contribution is -0.137. The van der Waals surface area contributed by atoms with Crippen molar-refractivity contribution in [3.63, 3.8) is 0 Å². The van der Waals surface area contributed by atoms with E-state index in [9.17, 15) is 22.8 Å². The Labute approximate surface area is 174 Å². The summed E-state index contributed by atoms with van der Waals surface area (Å²) in [6.07, 6.45) is -4.26. The minimum Gasteiger partial charge on any atom is -0.376 e. The van der Waals surface area contributed by atoms with Crippen LogP contribution in [0.15, 0.2) is 46.9 Å². The number of para-hydroxylation sites is 1. The number of hydrogen-bond donors (Lipinski definition) is 1. The molecule has 154 valence electrons. The Morgan fingerprint density at radius 1 is 1.21 bits per heavy atom. The molecular formula is C20H19BrF3N3O2. The molecule has 0 aromatic heterocycles. The molecule has 1 unspecified atom stereocenters. The summed E-state index contributed by atoms with van der Waals surface area (Å²) in [5.74, 6) is -1.97. The highest BCUT2D eigenvalue weighted by atomic mass is 79.9. The molecule has 1 heterocycles. The number of nitrogens with zero attached hydrogens (tertiary/aromatic N) is 2. The highest BCUT2D eigenvalue weighted by Gasteiger charge is 2.39. The number of hydrogen-bond acceptors (Lipinski definition) is 3. The highest BCUT2D eigenvalue weighted by molar-refractivity contribution is 9.10. The molecule has 0 saturated carbocycles. The standard InChI is InChI=1S/C20H19BrF3N3O2/c1-26(2)17-8-7-12(20(22,23)24)11-15(17)25-18(28)13-9-10-27(19(13)29)16-6-4-3-5-14(16)21/h3-8,11,13H,9-10H2,1-2H3,(H,25,28). The number of benzene rings is 2. The van der Waals surface area contributed by atoms with Crippen molar-refractivity contribution in [2.75, 3.05) is 35.8 Å². The SMILES string of the molecule is CN(C)c1ccc(C(F)(F)F)cc1NC(=O)C1CCN(c2ccccc2Br)C1=O. The van der Waals surface area contributed by atoms with Crippen LogP contribution in [-0.2, 0) is 15.8 Å². The van der Waals surface area contributed by atoms with Crippen LogP contribution in [0.2, 0.25) is 0 Å². The lowest BCUT2D eigenvalue weighted by Gasteiger charge is -2.21. The molecule has 2 aromatic rings. The van der Waals surface area contributed by atoms with Crippen molar-refractivity contribution in [2.45, 2.75) is 12.6 Å². The summed E-state index contributed by atoms with van der Waals surface area (Å²) < 4.78 is 40.0. The van der Waals surface area contributed by atoms with Crippen molar-refractivity contribution in [1.29, 1.82) is 0 Å². The quantitative estimate of drug-likeness (QED) is 0.669. The monoisotopic (exact) mass is 469 g/mol. The highest BCUT2D eigenvalue weighted by Crippen LogP contribution is 2.36. The molecule has 0 spiro atoms. The average molecular weight is 470 g/mol. The summed E-state index contributed by atoms with van der Waals surface area (Å²) in [5, 5.41) is 2.52. The smallest absolute Gasteiger partial charge is 0.376 e. The second-order valence-electron chi connectivity index (χ2n) is 6.90. The summed E-state index contributed by atoms with van der Waals surface area (Å²) >= 11 is 3.39. The Hall–Kier alpha value is -2.55. The van der Waals surface area contributed by atoms with Crippen molar-refractivity contribution < 1.29 is 22.8 Å². The van der Waals surface area contributed by atoms with Crippen LogP contribution in [0.25, 0.3) is 0 Å². The van der Waals surface area contributed by atoms with Gasteiger partial charge in [-0.25, -0.2) is 0 Å². The van der Waals surface area contributed by atoms with E-state index in [2.05, 4.69) is 21.2 Å². The van der Waals surface area contributed by atoms with Gasteiger partial charge in [0.1, 0.15) is 5.92 Å². The number of carbonyl (C=O) groups is 2. The molecule has 1 saturated heterocycles. The number of amides is 2. The number of alkyl halides is 3. The van der Waals surface area contributed by atoms with Crippen LogP contribution < -0.4 is 15.1 Å². The molecule has 0 radical (unpaired) electrons. The fraction of sp³-hybridized carbons (Fsp3) is 0.300. The first-order chi connectivity index (χ1) is 13.6. The zero-order chi connectivity index (χ0) is 21.3. The third-order valence-corrected chi connectivity index (χ3v) is 5.40. The molecule has 9 heteroatoms. The van der Waals surface area contributed by atoms with E-state index >= 15 is 0 Å². The molecule has 1 aliphatic rings. The zero-order valence-electron chi connectivity index (χ0n) is 15.8. The molecule has 0 bridgehead atoms. The molecule has 1 atom stereocenters. The van der Waals surface area contributed by atoms with Crippen molar-refractivity contribution in [3.05, 3.63) is 52.5 Å². The lowest BCUT2D eigenvalue weighted by Crippen LogP contribution is -2.33. The van der Waals surface area contributed by atoms with Gasteiger partial charge in [-0.05, 0) is 52.7 Å². The predicted octanol–water partition coefficient (Wildman–Crippen LogP) is 4.53. The molecule has 0 aliphatic carbocycles. The van der Waals surface area contributed by atoms with Gasteiger partial charge in [-0.2, -0.15) is 13.2 Å². The van der Waals surface area contributed by atoms with Gasteiger partial charge in [-0.3, -0.25) is 9.59 Å². The fourth-order valence-corrected chi connectivity index (χ4v) is 3.75. The van der Waals surface area contributed by atoms with E-state index in [0.29, 0.717) is 17.9 Å². The Kier molecular flexibility index (Phi) is 5.88. The molecule has 2 aromatic carbocycles. The van der Waals surface area contributed by atoms with E-state index in [0.717, 1.165) is 16.6 Å². The number of nitrogens with one attached hydrogen (secondary N) is 1. The van der Waals surface area contributed by atoms with Gasteiger partial charge in [0.05, 0.1) is 22.6 Å². The maximum Gasteiger partial charge on any atom is 0.416 e. The van der Waals surface area contributed by atoms with Crippen LogP contribution in [0.1, 0.15) is 12.0 Å². The van der Waals surface area contributed by atoms with E-state index in [1.165, 1.54) is 11.0 Å². The van der Waals surface area contributed by atoms with Gasteiger partial charge < -0.3 is 15.1 Å². The normalized spacial score (nSPS) is 16.8. The first kappa shape index (κ1) is 21.2. The molecule has 5 nitrogen and oxygen atoms in total. The predicted molar refractivity (Wildman–Crippen MR) is 109 cm³/mol. The van der Waals surface area contributed by atoms with Gasteiger partial charge in [0, 0.05) is 25.1 Å². The minimum absolute atomic E-state index is 0.0157. The van der Waals surface area contributed by atoms with Gasteiger partial charge in [0.15, 0.2) is 0 Å². The zero-order valence-corrected chi connectivity index (χ0v) is 17.3. The molecule has 1 N–H and O–H groups in total. The number of halogens is 4. The van der Waals surface area contributed by atoms with Crippen LogP contribution in [0.3, 0.4) is 0 Å². The van der Waals surface area contributed by atoms with Crippen LogP contribution in [-0.4, -0.2) is 32.5 Å². The minimum atomic E-state index is -4.54. The third-order valence-electron chi connectivity index (χ3n) is 4.73. The van der Waals surface area contributed by atoms with Crippen molar-refractivity contribution in [1.82, 2.24) is 0 Å². The van der Waals surface area contributed by atoms with Gasteiger partial charge in [-0.1, -0.05) is 12.1 Å². The summed E-state index contributed by atoms with van der Waals surface area (Å²) in [6.45, 7) is 0.350. The van der Waals surface area contributed by atoms with Crippen LogP contribution in [0.4, 0.5) is 30.2 Å². The third kappa shape index (κ3) is 4.39. The van der Waals surface area contributed by atoms with Gasteiger partial charge in [0.2, 0.25) is 11.8 Å². The second kappa shape index (κ2) is 8.06. The summed E-state index contributed by atoms with van der Waals surface area (Å²) in [5.41, 5.74) is 0.216. The van der Waals surface area contributed by atoms with Crippen molar-refractivity contribution in [3.8, 4) is 0 Å². The van der Waals surface area contributed by atoms with Crippen LogP contribution in [0.5, 0.6) is 0 Å². The van der Waals surface area contributed by atoms with Crippen molar-refractivity contribution in [2.24, 2.45) is 5.92 Å². The first-order valence-corrected chi connectivity index (χ1v) is 9.64. The molecule has 3 rings (SSSR count). The second-order valence-corrected chi connectivity index (χ2v) is 7.75. The Morgan fingerprint density at radius 2 is 1.90 bits per heavy atom. The largest absolute Gasteiger partial charge is 0.416 e. The number of carbonyl (C=O) groups excluding carboxylic acids is 2.